The maximum absolute atomic E-state index is 12.3. The molecule has 0 radical (unpaired) electrons. The van der Waals surface area contributed by atoms with E-state index in [1.54, 1.807) is 25.1 Å². The van der Waals surface area contributed by atoms with E-state index in [4.69, 9.17) is 4.74 Å². The monoisotopic (exact) mass is 367 g/mol. The summed E-state index contributed by atoms with van der Waals surface area (Å²) in [6.07, 6.45) is 2.05. The van der Waals surface area contributed by atoms with Crippen LogP contribution in [0.2, 0.25) is 0 Å². The van der Waals surface area contributed by atoms with Gasteiger partial charge in [-0.2, -0.15) is 0 Å². The van der Waals surface area contributed by atoms with E-state index in [2.05, 4.69) is 22.5 Å². The summed E-state index contributed by atoms with van der Waals surface area (Å²) in [6, 6.07) is 12.8. The second-order valence-electron chi connectivity index (χ2n) is 5.93. The summed E-state index contributed by atoms with van der Waals surface area (Å²) in [4.78, 5) is 23.9. The highest BCUT2D eigenvalue weighted by atomic mass is 16.5. The van der Waals surface area contributed by atoms with E-state index in [-0.39, 0.29) is 18.4 Å². The van der Waals surface area contributed by atoms with Crippen molar-refractivity contribution in [2.24, 2.45) is 0 Å². The zero-order valence-electron chi connectivity index (χ0n) is 15.7. The molecule has 2 amide bonds. The smallest absolute Gasteiger partial charge is 0.243 e. The minimum absolute atomic E-state index is 0.0517. The number of carbonyl (C=O) groups is 2. The number of aryl methyl sites for hydroxylation is 1. The van der Waals surface area contributed by atoms with Gasteiger partial charge in [-0.25, -0.2) is 0 Å². The average molecular weight is 367 g/mol. The minimum atomic E-state index is -0.204. The van der Waals surface area contributed by atoms with Crippen LogP contribution in [0.15, 0.2) is 55.1 Å². The molecule has 0 unspecified atom stereocenters. The van der Waals surface area contributed by atoms with Crippen LogP contribution in [0.4, 0.5) is 17.1 Å². The molecule has 0 aliphatic rings. The molecule has 3 N–H and O–H groups in total. The Morgan fingerprint density at radius 1 is 1.07 bits per heavy atom. The molecule has 0 fully saturated rings. The highest BCUT2D eigenvalue weighted by Gasteiger charge is 2.08. The molecule has 2 rings (SSSR count). The predicted molar refractivity (Wildman–Crippen MR) is 109 cm³/mol. The molecule has 0 aromatic heterocycles. The molecule has 0 saturated heterocycles. The van der Waals surface area contributed by atoms with Gasteiger partial charge in [-0.3, -0.25) is 9.59 Å². The molecule has 2 aromatic carbocycles. The molecule has 0 aliphatic heterocycles. The Bertz CT molecular complexity index is 818. The molecular formula is C21H25N3O3. The molecule has 0 bridgehead atoms. The average Bonchev–Trinajstić information content (AvgIpc) is 2.67. The highest BCUT2D eigenvalue weighted by Crippen LogP contribution is 2.24. The topological polar surface area (TPSA) is 79.5 Å². The Kier molecular flexibility index (Phi) is 7.43. The van der Waals surface area contributed by atoms with Crippen LogP contribution in [-0.2, 0) is 9.59 Å². The van der Waals surface area contributed by atoms with Crippen molar-refractivity contribution >= 4 is 28.9 Å². The largest absolute Gasteiger partial charge is 0.487 e. The summed E-state index contributed by atoms with van der Waals surface area (Å²) < 4.78 is 5.53. The standard InChI is InChI=1S/C21H25N3O3/c1-4-12-27-19-9-7-6-8-17(19)23-21(26)14-22-16-11-10-15(3)18(13-16)24-20(25)5-2/h4,6-11,13,22H,1,5,12,14H2,2-3H3,(H,23,26)(H,24,25). The lowest BCUT2D eigenvalue weighted by atomic mass is 10.1. The fourth-order valence-corrected chi connectivity index (χ4v) is 2.33. The second-order valence-corrected chi connectivity index (χ2v) is 5.93. The SMILES string of the molecule is C=CCOc1ccccc1NC(=O)CNc1ccc(C)c(NC(=O)CC)c1. The predicted octanol–water partition coefficient (Wildman–Crippen LogP) is 3.96. The summed E-state index contributed by atoms with van der Waals surface area (Å²) in [5.41, 5.74) is 3.04. The van der Waals surface area contributed by atoms with Crippen molar-refractivity contribution in [1.82, 2.24) is 0 Å². The van der Waals surface area contributed by atoms with Gasteiger partial charge in [0.25, 0.3) is 0 Å². The van der Waals surface area contributed by atoms with E-state index in [9.17, 15) is 9.59 Å². The van der Waals surface area contributed by atoms with Crippen molar-refractivity contribution < 1.29 is 14.3 Å². The van der Waals surface area contributed by atoms with Crippen LogP contribution in [0.5, 0.6) is 5.75 Å². The van der Waals surface area contributed by atoms with Gasteiger partial charge in [0.1, 0.15) is 12.4 Å². The molecular weight excluding hydrogens is 342 g/mol. The van der Waals surface area contributed by atoms with E-state index in [0.717, 1.165) is 16.9 Å². The highest BCUT2D eigenvalue weighted by molar-refractivity contribution is 5.95. The third kappa shape index (κ3) is 6.18. The molecule has 0 heterocycles. The molecule has 2 aromatic rings. The van der Waals surface area contributed by atoms with Crippen molar-refractivity contribution in [2.75, 3.05) is 29.1 Å². The number of benzene rings is 2. The Morgan fingerprint density at radius 2 is 1.81 bits per heavy atom. The first-order chi connectivity index (χ1) is 13.0. The first-order valence-corrected chi connectivity index (χ1v) is 8.80. The fourth-order valence-electron chi connectivity index (χ4n) is 2.33. The summed E-state index contributed by atoms with van der Waals surface area (Å²) in [5, 5.41) is 8.74. The maximum atomic E-state index is 12.3. The van der Waals surface area contributed by atoms with Crippen LogP contribution in [-0.4, -0.2) is 25.0 Å². The van der Waals surface area contributed by atoms with Gasteiger partial charge in [0.05, 0.1) is 12.2 Å². The molecule has 0 spiro atoms. The number of rotatable bonds is 9. The van der Waals surface area contributed by atoms with Crippen LogP contribution >= 0.6 is 0 Å². The number of nitrogens with one attached hydrogen (secondary N) is 3. The molecule has 6 nitrogen and oxygen atoms in total. The number of hydrogen-bond acceptors (Lipinski definition) is 4. The van der Waals surface area contributed by atoms with Gasteiger partial charge < -0.3 is 20.7 Å². The molecule has 6 heteroatoms. The lowest BCUT2D eigenvalue weighted by Crippen LogP contribution is -2.22. The van der Waals surface area contributed by atoms with Gasteiger partial charge in [-0.15, -0.1) is 0 Å². The van der Waals surface area contributed by atoms with E-state index in [1.807, 2.05) is 37.3 Å². The van der Waals surface area contributed by atoms with Gasteiger partial charge in [0.15, 0.2) is 0 Å². The third-order valence-electron chi connectivity index (χ3n) is 3.80. The number of hydrogen-bond donors (Lipinski definition) is 3. The first-order valence-electron chi connectivity index (χ1n) is 8.80. The van der Waals surface area contributed by atoms with Crippen molar-refractivity contribution in [3.8, 4) is 5.75 Å². The Labute approximate surface area is 159 Å². The molecule has 0 saturated carbocycles. The van der Waals surface area contributed by atoms with Crippen molar-refractivity contribution in [3.05, 3.63) is 60.7 Å². The molecule has 27 heavy (non-hydrogen) atoms. The first kappa shape index (κ1) is 20.0. The van der Waals surface area contributed by atoms with E-state index < -0.39 is 0 Å². The lowest BCUT2D eigenvalue weighted by molar-refractivity contribution is -0.116. The van der Waals surface area contributed by atoms with Crippen molar-refractivity contribution in [3.63, 3.8) is 0 Å². The van der Waals surface area contributed by atoms with E-state index >= 15 is 0 Å². The van der Waals surface area contributed by atoms with Crippen molar-refractivity contribution in [1.29, 1.82) is 0 Å². The zero-order valence-corrected chi connectivity index (χ0v) is 15.7. The Balaban J connectivity index is 1.97. The van der Waals surface area contributed by atoms with Crippen LogP contribution in [0.25, 0.3) is 0 Å². The van der Waals surface area contributed by atoms with Gasteiger partial charge in [0, 0.05) is 17.8 Å². The minimum Gasteiger partial charge on any atom is -0.487 e. The maximum Gasteiger partial charge on any atom is 0.243 e. The number of amides is 2. The molecule has 0 aliphatic carbocycles. The van der Waals surface area contributed by atoms with Crippen LogP contribution in [0.1, 0.15) is 18.9 Å². The number of para-hydroxylation sites is 2. The van der Waals surface area contributed by atoms with Crippen LogP contribution in [0, 0.1) is 6.92 Å². The van der Waals surface area contributed by atoms with E-state index in [1.165, 1.54) is 0 Å². The summed E-state index contributed by atoms with van der Waals surface area (Å²) in [7, 11) is 0. The quantitative estimate of drug-likeness (QED) is 0.586. The Hall–Kier alpha value is -3.28. The third-order valence-corrected chi connectivity index (χ3v) is 3.80. The summed E-state index contributed by atoms with van der Waals surface area (Å²) in [5.74, 6) is 0.333. The van der Waals surface area contributed by atoms with Crippen LogP contribution in [0.3, 0.4) is 0 Å². The second kappa shape index (κ2) is 10.0. The zero-order chi connectivity index (χ0) is 19.6. The van der Waals surface area contributed by atoms with Crippen LogP contribution < -0.4 is 20.7 Å². The van der Waals surface area contributed by atoms with Gasteiger partial charge >= 0.3 is 0 Å². The van der Waals surface area contributed by atoms with Gasteiger partial charge in [-0.1, -0.05) is 37.8 Å². The summed E-state index contributed by atoms with van der Waals surface area (Å²) in [6.45, 7) is 7.78. The normalized spacial score (nSPS) is 10.0. The summed E-state index contributed by atoms with van der Waals surface area (Å²) >= 11 is 0. The number of anilines is 3. The van der Waals surface area contributed by atoms with Gasteiger partial charge in [0.2, 0.25) is 11.8 Å². The van der Waals surface area contributed by atoms with Crippen molar-refractivity contribution in [2.45, 2.75) is 20.3 Å². The van der Waals surface area contributed by atoms with E-state index in [0.29, 0.717) is 24.5 Å². The van der Waals surface area contributed by atoms with Gasteiger partial charge in [-0.05, 0) is 36.8 Å². The fraction of sp³-hybridized carbons (Fsp3) is 0.238. The number of ether oxygens (including phenoxy) is 1. The molecule has 142 valence electrons. The Morgan fingerprint density at radius 3 is 2.56 bits per heavy atom. The lowest BCUT2D eigenvalue weighted by Gasteiger charge is -2.13. The number of carbonyl (C=O) groups excluding carboxylic acids is 2. The molecule has 0 atom stereocenters.